The van der Waals surface area contributed by atoms with Gasteiger partial charge in [-0.25, -0.2) is 9.59 Å². The number of esters is 2. The quantitative estimate of drug-likeness (QED) is 0.722. The van der Waals surface area contributed by atoms with Crippen molar-refractivity contribution in [3.63, 3.8) is 0 Å². The van der Waals surface area contributed by atoms with Crippen LogP contribution >= 0.6 is 27.5 Å². The topological polar surface area (TPSA) is 65.1 Å². The highest BCUT2D eigenvalue weighted by atomic mass is 79.9. The molecule has 0 aliphatic carbocycles. The molecule has 1 aliphatic rings. The smallest absolute Gasteiger partial charge is 0.355 e. The molecule has 8 heteroatoms. The Bertz CT molecular complexity index is 665. The van der Waals surface area contributed by atoms with Crippen LogP contribution in [-0.2, 0) is 23.8 Å². The van der Waals surface area contributed by atoms with Crippen LogP contribution in [0.4, 0.5) is 5.69 Å². The zero-order chi connectivity index (χ0) is 17.1. The summed E-state index contributed by atoms with van der Waals surface area (Å²) in [5.74, 6) is -1.28. The number of ether oxygens (including phenoxy) is 3. The molecule has 0 N–H and O–H groups in total. The van der Waals surface area contributed by atoms with E-state index in [1.807, 2.05) is 6.92 Å². The summed E-state index contributed by atoms with van der Waals surface area (Å²) in [7, 11) is 2.49. The van der Waals surface area contributed by atoms with Crippen molar-refractivity contribution in [2.75, 3.05) is 32.5 Å². The average Bonchev–Trinajstić information content (AvgIpc) is 2.52. The number of hydrogen-bond donors (Lipinski definition) is 0. The highest BCUT2D eigenvalue weighted by Gasteiger charge is 2.33. The second-order valence-electron chi connectivity index (χ2n) is 4.77. The lowest BCUT2D eigenvalue weighted by Gasteiger charge is -2.33. The first-order valence-corrected chi connectivity index (χ1v) is 7.78. The van der Waals surface area contributed by atoms with Crippen LogP contribution < -0.4 is 4.90 Å². The first kappa shape index (κ1) is 17.8. The van der Waals surface area contributed by atoms with Crippen molar-refractivity contribution >= 4 is 45.2 Å². The Hall–Kier alpha value is -1.57. The molecular formula is C15H15BrClNO5. The lowest BCUT2D eigenvalue weighted by Crippen LogP contribution is -2.39. The van der Waals surface area contributed by atoms with E-state index in [2.05, 4.69) is 15.9 Å². The molecule has 0 amide bonds. The number of anilines is 1. The maximum atomic E-state index is 12.2. The van der Waals surface area contributed by atoms with Gasteiger partial charge in [-0.3, -0.25) is 0 Å². The third kappa shape index (κ3) is 3.52. The second kappa shape index (κ2) is 7.33. The molecule has 0 aromatic heterocycles. The number of benzene rings is 1. The number of carbonyl (C=O) groups excluding carboxylic acids is 2. The lowest BCUT2D eigenvalue weighted by molar-refractivity contribution is -0.140. The van der Waals surface area contributed by atoms with Crippen LogP contribution in [0, 0.1) is 6.92 Å². The maximum absolute atomic E-state index is 12.2. The van der Waals surface area contributed by atoms with Crippen LogP contribution in [0.2, 0.25) is 5.02 Å². The Kier molecular flexibility index (Phi) is 5.67. The van der Waals surface area contributed by atoms with Gasteiger partial charge in [0.25, 0.3) is 0 Å². The van der Waals surface area contributed by atoms with Gasteiger partial charge in [-0.1, -0.05) is 11.6 Å². The van der Waals surface area contributed by atoms with E-state index < -0.39 is 11.9 Å². The van der Waals surface area contributed by atoms with Gasteiger partial charge in [0.05, 0.1) is 32.1 Å². The van der Waals surface area contributed by atoms with E-state index in [0.717, 1.165) is 5.56 Å². The normalized spacial score (nSPS) is 14.7. The van der Waals surface area contributed by atoms with Crippen molar-refractivity contribution in [1.29, 1.82) is 0 Å². The van der Waals surface area contributed by atoms with Gasteiger partial charge in [-0.2, -0.15) is 0 Å². The predicted molar refractivity (Wildman–Crippen MR) is 88.2 cm³/mol. The fourth-order valence-electron chi connectivity index (χ4n) is 2.36. The molecule has 0 saturated carbocycles. The predicted octanol–water partition coefficient (Wildman–Crippen LogP) is 2.81. The molecule has 1 aromatic carbocycles. The van der Waals surface area contributed by atoms with E-state index in [9.17, 15) is 9.59 Å². The van der Waals surface area contributed by atoms with Crippen LogP contribution in [0.5, 0.6) is 0 Å². The summed E-state index contributed by atoms with van der Waals surface area (Å²) in [6.45, 7) is 1.90. The van der Waals surface area contributed by atoms with Crippen molar-refractivity contribution in [2.24, 2.45) is 0 Å². The molecule has 124 valence electrons. The first-order valence-electron chi connectivity index (χ1n) is 6.61. The molecule has 0 saturated heterocycles. The summed E-state index contributed by atoms with van der Waals surface area (Å²) < 4.78 is 15.7. The molecule has 0 radical (unpaired) electrons. The van der Waals surface area contributed by atoms with Gasteiger partial charge < -0.3 is 19.1 Å². The van der Waals surface area contributed by atoms with E-state index in [1.165, 1.54) is 14.2 Å². The van der Waals surface area contributed by atoms with Crippen LogP contribution in [0.15, 0.2) is 27.9 Å². The number of halogens is 2. The molecule has 0 bridgehead atoms. The van der Waals surface area contributed by atoms with Gasteiger partial charge in [0.2, 0.25) is 0 Å². The number of carbonyl (C=O) groups is 2. The molecule has 1 heterocycles. The SMILES string of the molecule is COC(=O)C1=C(C(=O)OC)N(c2c(C)cc(Cl)cc2Br)COC1. The van der Waals surface area contributed by atoms with Gasteiger partial charge in [-0.15, -0.1) is 0 Å². The van der Waals surface area contributed by atoms with Crippen LogP contribution in [0.3, 0.4) is 0 Å². The van der Waals surface area contributed by atoms with E-state index in [1.54, 1.807) is 17.0 Å². The van der Waals surface area contributed by atoms with E-state index >= 15 is 0 Å². The molecule has 0 atom stereocenters. The third-order valence-electron chi connectivity index (χ3n) is 3.32. The van der Waals surface area contributed by atoms with Crippen LogP contribution in [-0.4, -0.2) is 39.5 Å². The highest BCUT2D eigenvalue weighted by Crippen LogP contribution is 2.37. The average molecular weight is 405 g/mol. The third-order valence-corrected chi connectivity index (χ3v) is 4.14. The Labute approximate surface area is 147 Å². The van der Waals surface area contributed by atoms with Crippen molar-refractivity contribution in [2.45, 2.75) is 6.92 Å². The minimum Gasteiger partial charge on any atom is -0.466 e. The van der Waals surface area contributed by atoms with E-state index in [4.69, 9.17) is 25.8 Å². The Morgan fingerprint density at radius 2 is 1.91 bits per heavy atom. The molecule has 6 nitrogen and oxygen atoms in total. The summed E-state index contributed by atoms with van der Waals surface area (Å²) in [6.07, 6.45) is 0. The van der Waals surface area contributed by atoms with E-state index in [0.29, 0.717) is 15.2 Å². The van der Waals surface area contributed by atoms with Gasteiger partial charge in [-0.05, 0) is 40.5 Å². The Morgan fingerprint density at radius 1 is 1.26 bits per heavy atom. The summed E-state index contributed by atoms with van der Waals surface area (Å²) in [5, 5.41) is 0.549. The second-order valence-corrected chi connectivity index (χ2v) is 6.06. The van der Waals surface area contributed by atoms with Crippen LogP contribution in [0.25, 0.3) is 0 Å². The van der Waals surface area contributed by atoms with Crippen molar-refractivity contribution in [1.82, 2.24) is 0 Å². The molecule has 23 heavy (non-hydrogen) atoms. The van der Waals surface area contributed by atoms with Crippen molar-refractivity contribution < 1.29 is 23.8 Å². The minimum atomic E-state index is -0.644. The highest BCUT2D eigenvalue weighted by molar-refractivity contribution is 9.10. The van der Waals surface area contributed by atoms with Crippen LogP contribution in [0.1, 0.15) is 5.56 Å². The Balaban J connectivity index is 2.65. The number of nitrogens with zero attached hydrogens (tertiary/aromatic N) is 1. The monoisotopic (exact) mass is 403 g/mol. The molecule has 0 unspecified atom stereocenters. The summed E-state index contributed by atoms with van der Waals surface area (Å²) >= 11 is 9.46. The van der Waals surface area contributed by atoms with Crippen molar-refractivity contribution in [3.05, 3.63) is 38.5 Å². The number of aryl methyl sites for hydroxylation is 1. The maximum Gasteiger partial charge on any atom is 0.355 e. The van der Waals surface area contributed by atoms with Gasteiger partial charge in [0, 0.05) is 9.50 Å². The Morgan fingerprint density at radius 3 is 2.48 bits per heavy atom. The van der Waals surface area contributed by atoms with Gasteiger partial charge in [0.15, 0.2) is 0 Å². The summed E-state index contributed by atoms with van der Waals surface area (Å²) in [4.78, 5) is 25.8. The largest absolute Gasteiger partial charge is 0.466 e. The fraction of sp³-hybridized carbons (Fsp3) is 0.333. The van der Waals surface area contributed by atoms with Crippen molar-refractivity contribution in [3.8, 4) is 0 Å². The zero-order valence-electron chi connectivity index (χ0n) is 12.8. The molecule has 2 rings (SSSR count). The number of methoxy groups -OCH3 is 2. The molecule has 0 fully saturated rings. The molecule has 1 aromatic rings. The van der Waals surface area contributed by atoms with Gasteiger partial charge >= 0.3 is 11.9 Å². The fourth-order valence-corrected chi connectivity index (χ4v) is 3.53. The minimum absolute atomic E-state index is 0.0299. The standard InChI is InChI=1S/C15H15BrClNO5/c1-8-4-9(17)5-11(16)12(8)18-7-23-6-10(14(19)21-2)13(18)15(20)22-3/h4-5H,6-7H2,1-3H3. The van der Waals surface area contributed by atoms with Gasteiger partial charge in [0.1, 0.15) is 12.4 Å². The molecule has 0 spiro atoms. The lowest BCUT2D eigenvalue weighted by atomic mass is 10.1. The molecular weight excluding hydrogens is 390 g/mol. The first-order chi connectivity index (χ1) is 10.9. The molecule has 1 aliphatic heterocycles. The number of rotatable bonds is 3. The van der Waals surface area contributed by atoms with E-state index in [-0.39, 0.29) is 24.6 Å². The summed E-state index contributed by atoms with van der Waals surface area (Å²) in [6, 6.07) is 3.45. The zero-order valence-corrected chi connectivity index (χ0v) is 15.2. The number of hydrogen-bond acceptors (Lipinski definition) is 6. The summed E-state index contributed by atoms with van der Waals surface area (Å²) in [5.41, 5.74) is 1.67.